The van der Waals surface area contributed by atoms with Crippen LogP contribution in [0.2, 0.25) is 5.02 Å². The summed E-state index contributed by atoms with van der Waals surface area (Å²) in [6.45, 7) is 1.65. The van der Waals surface area contributed by atoms with Crippen LogP contribution in [0.1, 0.15) is 21.1 Å². The van der Waals surface area contributed by atoms with Crippen LogP contribution in [0.3, 0.4) is 0 Å². The molecule has 0 aliphatic carbocycles. The lowest BCUT2D eigenvalue weighted by atomic mass is 10.1. The Morgan fingerprint density at radius 3 is 2.70 bits per heavy atom. The maximum absolute atomic E-state index is 12.5. The van der Waals surface area contributed by atoms with Crippen molar-refractivity contribution >= 4 is 44.9 Å². The minimum Gasteiger partial charge on any atom is -0.449 e. The minimum atomic E-state index is -4.61. The number of hydrogen-bond acceptors (Lipinski definition) is 5. The number of carbonyl (C=O) groups excluding carboxylic acids is 1. The number of benzene rings is 1. The van der Waals surface area contributed by atoms with Crippen LogP contribution in [0.4, 0.5) is 18.3 Å². The number of halogens is 4. The van der Waals surface area contributed by atoms with Gasteiger partial charge in [-0.25, -0.2) is 0 Å². The summed E-state index contributed by atoms with van der Waals surface area (Å²) in [5, 5.41) is 8.10. The predicted molar refractivity (Wildman–Crippen MR) is 78.8 cm³/mol. The van der Waals surface area contributed by atoms with Crippen molar-refractivity contribution in [2.24, 2.45) is 0 Å². The van der Waals surface area contributed by atoms with E-state index < -0.39 is 17.1 Å². The van der Waals surface area contributed by atoms with Crippen molar-refractivity contribution in [3.05, 3.63) is 39.6 Å². The van der Waals surface area contributed by atoms with E-state index >= 15 is 0 Å². The summed E-state index contributed by atoms with van der Waals surface area (Å²) < 4.78 is 42.8. The summed E-state index contributed by atoms with van der Waals surface area (Å²) in [4.78, 5) is 12.2. The molecule has 2 aromatic heterocycles. The maximum Gasteiger partial charge on any atom is 0.445 e. The second-order valence-corrected chi connectivity index (χ2v) is 5.92. The summed E-state index contributed by atoms with van der Waals surface area (Å²) >= 11 is 6.22. The van der Waals surface area contributed by atoms with E-state index in [9.17, 15) is 18.0 Å². The number of rotatable bonds is 2. The van der Waals surface area contributed by atoms with Gasteiger partial charge in [-0.15, -0.1) is 10.2 Å². The molecule has 120 valence electrons. The van der Waals surface area contributed by atoms with Gasteiger partial charge in [-0.1, -0.05) is 35.1 Å². The summed E-state index contributed by atoms with van der Waals surface area (Å²) in [6.07, 6.45) is -4.61. The topological polar surface area (TPSA) is 68.0 Å². The van der Waals surface area contributed by atoms with E-state index in [1.807, 2.05) is 0 Å². The maximum atomic E-state index is 12.5. The van der Waals surface area contributed by atoms with Crippen molar-refractivity contribution < 1.29 is 22.4 Å². The molecule has 0 unspecified atom stereocenters. The number of hydrogen-bond donors (Lipinski definition) is 1. The fourth-order valence-corrected chi connectivity index (χ4v) is 2.79. The zero-order valence-corrected chi connectivity index (χ0v) is 12.9. The third-order valence-electron chi connectivity index (χ3n) is 3.01. The molecule has 5 nitrogen and oxygen atoms in total. The van der Waals surface area contributed by atoms with Gasteiger partial charge < -0.3 is 4.42 Å². The Morgan fingerprint density at radius 2 is 2.09 bits per heavy atom. The first-order valence-corrected chi connectivity index (χ1v) is 7.36. The van der Waals surface area contributed by atoms with Gasteiger partial charge in [-0.2, -0.15) is 13.2 Å². The largest absolute Gasteiger partial charge is 0.449 e. The van der Waals surface area contributed by atoms with E-state index in [1.54, 1.807) is 25.1 Å². The molecule has 2 heterocycles. The van der Waals surface area contributed by atoms with Gasteiger partial charge in [0.05, 0.1) is 5.02 Å². The number of furan rings is 1. The average Bonchev–Trinajstić information content (AvgIpc) is 3.05. The van der Waals surface area contributed by atoms with Crippen LogP contribution in [0, 0.1) is 6.92 Å². The van der Waals surface area contributed by atoms with E-state index in [2.05, 4.69) is 15.5 Å². The number of alkyl halides is 3. The molecule has 3 aromatic rings. The molecule has 0 fully saturated rings. The van der Waals surface area contributed by atoms with Crippen LogP contribution in [0.25, 0.3) is 11.0 Å². The Morgan fingerprint density at radius 1 is 1.35 bits per heavy atom. The Hall–Kier alpha value is -2.13. The zero-order chi connectivity index (χ0) is 16.8. The average molecular weight is 362 g/mol. The van der Waals surface area contributed by atoms with Crippen molar-refractivity contribution in [1.29, 1.82) is 0 Å². The summed E-state index contributed by atoms with van der Waals surface area (Å²) in [7, 11) is 0. The van der Waals surface area contributed by atoms with Gasteiger partial charge in [-0.05, 0) is 13.0 Å². The van der Waals surface area contributed by atoms with Gasteiger partial charge in [0.25, 0.3) is 5.91 Å². The molecule has 10 heteroatoms. The van der Waals surface area contributed by atoms with E-state index in [4.69, 9.17) is 16.0 Å². The number of anilines is 1. The molecular formula is C13H7ClF3N3O2S. The molecule has 0 bridgehead atoms. The number of nitrogens with one attached hydrogen (secondary N) is 1. The van der Waals surface area contributed by atoms with Crippen LogP contribution < -0.4 is 5.32 Å². The molecule has 1 N–H and O–H groups in total. The van der Waals surface area contributed by atoms with Gasteiger partial charge in [0.1, 0.15) is 0 Å². The molecule has 0 aliphatic rings. The second kappa shape index (κ2) is 5.50. The molecule has 0 radical (unpaired) electrons. The molecule has 3 rings (SSSR count). The second-order valence-electron chi connectivity index (χ2n) is 4.54. The highest BCUT2D eigenvalue weighted by atomic mass is 35.5. The van der Waals surface area contributed by atoms with Crippen LogP contribution in [-0.2, 0) is 6.18 Å². The van der Waals surface area contributed by atoms with Crippen molar-refractivity contribution in [2.45, 2.75) is 13.1 Å². The first-order chi connectivity index (χ1) is 10.8. The quantitative estimate of drug-likeness (QED) is 0.728. The Labute approximate surface area is 136 Å². The molecule has 1 aromatic carbocycles. The van der Waals surface area contributed by atoms with Crippen molar-refractivity contribution in [3.63, 3.8) is 0 Å². The zero-order valence-electron chi connectivity index (χ0n) is 11.4. The van der Waals surface area contributed by atoms with Crippen LogP contribution in [-0.4, -0.2) is 16.1 Å². The highest BCUT2D eigenvalue weighted by molar-refractivity contribution is 7.15. The van der Waals surface area contributed by atoms with Gasteiger partial charge in [0.15, 0.2) is 11.3 Å². The van der Waals surface area contributed by atoms with Crippen molar-refractivity contribution in [2.75, 3.05) is 5.32 Å². The Bertz CT molecular complexity index is 904. The molecule has 0 spiro atoms. The normalized spacial score (nSPS) is 11.9. The van der Waals surface area contributed by atoms with Crippen LogP contribution in [0.5, 0.6) is 0 Å². The number of nitrogens with zero attached hydrogens (tertiary/aromatic N) is 2. The van der Waals surface area contributed by atoms with Gasteiger partial charge in [-0.3, -0.25) is 10.1 Å². The van der Waals surface area contributed by atoms with Crippen LogP contribution >= 0.6 is 22.9 Å². The standard InChI is InChI=1S/C13H7ClF3N3O2S/c1-5-6-3-2-4-7(14)9(6)22-8(5)10(21)18-12-20-19-11(23-12)13(15,16)17/h2-4H,1H3,(H,18,20,21). The molecule has 0 atom stereocenters. The number of carbonyl (C=O) groups is 1. The number of aryl methyl sites for hydroxylation is 1. The fourth-order valence-electron chi connectivity index (χ4n) is 1.97. The van der Waals surface area contributed by atoms with Gasteiger partial charge >= 0.3 is 6.18 Å². The molecular weight excluding hydrogens is 355 g/mol. The van der Waals surface area contributed by atoms with Gasteiger partial charge in [0.2, 0.25) is 10.1 Å². The van der Waals surface area contributed by atoms with Crippen molar-refractivity contribution in [3.8, 4) is 0 Å². The predicted octanol–water partition coefficient (Wildman–Crippen LogP) is 4.52. The summed E-state index contributed by atoms with van der Waals surface area (Å²) in [5.74, 6) is -0.767. The van der Waals surface area contributed by atoms with E-state index in [0.29, 0.717) is 21.6 Å². The van der Waals surface area contributed by atoms with E-state index in [1.165, 1.54) is 0 Å². The lowest BCUT2D eigenvalue weighted by Gasteiger charge is -1.99. The molecule has 23 heavy (non-hydrogen) atoms. The number of fused-ring (bicyclic) bond motifs is 1. The lowest BCUT2D eigenvalue weighted by molar-refractivity contribution is -0.138. The first kappa shape index (κ1) is 15.8. The molecule has 0 saturated carbocycles. The minimum absolute atomic E-state index is 0.0446. The molecule has 0 aliphatic heterocycles. The third kappa shape index (κ3) is 2.89. The monoisotopic (exact) mass is 361 g/mol. The number of aromatic nitrogens is 2. The summed E-state index contributed by atoms with van der Waals surface area (Å²) in [6, 6.07) is 5.04. The SMILES string of the molecule is Cc1c(C(=O)Nc2nnc(C(F)(F)F)s2)oc2c(Cl)cccc12. The first-order valence-electron chi connectivity index (χ1n) is 6.17. The molecule has 1 amide bonds. The highest BCUT2D eigenvalue weighted by Crippen LogP contribution is 2.34. The lowest BCUT2D eigenvalue weighted by Crippen LogP contribution is -2.11. The summed E-state index contributed by atoms with van der Waals surface area (Å²) in [5.41, 5.74) is 0.866. The fraction of sp³-hybridized carbons (Fsp3) is 0.154. The van der Waals surface area contributed by atoms with Crippen molar-refractivity contribution in [1.82, 2.24) is 10.2 Å². The highest BCUT2D eigenvalue weighted by Gasteiger charge is 2.36. The Balaban J connectivity index is 1.91. The number of para-hydroxylation sites is 1. The third-order valence-corrected chi connectivity index (χ3v) is 4.19. The molecule has 0 saturated heterocycles. The Kier molecular flexibility index (Phi) is 3.77. The smallest absolute Gasteiger partial charge is 0.445 e. The number of amides is 1. The van der Waals surface area contributed by atoms with E-state index in [-0.39, 0.29) is 22.2 Å². The van der Waals surface area contributed by atoms with Crippen LogP contribution in [0.15, 0.2) is 22.6 Å². The van der Waals surface area contributed by atoms with E-state index in [0.717, 1.165) is 0 Å². The van der Waals surface area contributed by atoms with Gasteiger partial charge in [0, 0.05) is 10.9 Å².